The van der Waals surface area contributed by atoms with Crippen LogP contribution in [-0.4, -0.2) is 33.1 Å². The molecule has 0 atom stereocenters. The molecule has 0 bridgehead atoms. The molecule has 4 rings (SSSR count). The lowest BCUT2D eigenvalue weighted by Crippen LogP contribution is -2.14. The number of nitrogens with two attached hydrogens (primary N) is 1. The number of rotatable bonds is 5. The standard InChI is InChI=1S/C21H20N6O/c1-13-15(7-8-22)19(14-5-3-2-4-6-14)17(25-13)11-16-20(26-27-21(16)28)18-12-23-9-10-24-18/h2-6,9-12,25H,7-8,22H2,1H3,(H,27,28). The fourth-order valence-corrected chi connectivity index (χ4v) is 3.42. The Kier molecular flexibility index (Phi) is 4.82. The van der Waals surface area contributed by atoms with Crippen LogP contribution in [-0.2, 0) is 11.2 Å². The molecular formula is C21H20N6O. The summed E-state index contributed by atoms with van der Waals surface area (Å²) in [7, 11) is 0. The Morgan fingerprint density at radius 3 is 2.71 bits per heavy atom. The smallest absolute Gasteiger partial charge is 0.273 e. The Morgan fingerprint density at radius 2 is 2.00 bits per heavy atom. The number of aromatic amines is 1. The van der Waals surface area contributed by atoms with E-state index in [1.165, 1.54) is 0 Å². The highest BCUT2D eigenvalue weighted by Gasteiger charge is 2.26. The van der Waals surface area contributed by atoms with E-state index in [0.29, 0.717) is 23.5 Å². The van der Waals surface area contributed by atoms with Crippen molar-refractivity contribution >= 4 is 17.7 Å². The third-order valence-electron chi connectivity index (χ3n) is 4.67. The Balaban J connectivity index is 1.86. The molecule has 0 saturated carbocycles. The van der Waals surface area contributed by atoms with Crippen molar-refractivity contribution in [2.24, 2.45) is 10.8 Å². The number of hydrogen-bond acceptors (Lipinski definition) is 5. The maximum absolute atomic E-state index is 12.5. The van der Waals surface area contributed by atoms with E-state index < -0.39 is 0 Å². The van der Waals surface area contributed by atoms with E-state index >= 15 is 0 Å². The highest BCUT2D eigenvalue weighted by atomic mass is 16.2. The summed E-state index contributed by atoms with van der Waals surface area (Å²) in [6.07, 6.45) is 7.31. The molecule has 0 unspecified atom stereocenters. The maximum atomic E-state index is 12.5. The Hall–Kier alpha value is -3.58. The SMILES string of the molecule is Cc1[nH]c(C=C2C(=O)NN=C2c2cnccn2)c(-c2ccccc2)c1CCN. The number of amides is 1. The summed E-state index contributed by atoms with van der Waals surface area (Å²) in [4.78, 5) is 24.2. The van der Waals surface area contributed by atoms with E-state index in [-0.39, 0.29) is 5.91 Å². The lowest BCUT2D eigenvalue weighted by atomic mass is 9.96. The van der Waals surface area contributed by atoms with Crippen molar-refractivity contribution in [2.45, 2.75) is 13.3 Å². The largest absolute Gasteiger partial charge is 0.358 e. The number of hydrogen-bond donors (Lipinski definition) is 3. The predicted octanol–water partition coefficient (Wildman–Crippen LogP) is 2.20. The lowest BCUT2D eigenvalue weighted by molar-refractivity contribution is -0.116. The van der Waals surface area contributed by atoms with Gasteiger partial charge in [0.15, 0.2) is 0 Å². The highest BCUT2D eigenvalue weighted by Crippen LogP contribution is 2.32. The van der Waals surface area contributed by atoms with Crippen LogP contribution < -0.4 is 11.2 Å². The first-order chi connectivity index (χ1) is 13.7. The van der Waals surface area contributed by atoms with Crippen molar-refractivity contribution in [3.05, 3.63) is 77.1 Å². The second-order valence-corrected chi connectivity index (χ2v) is 6.47. The second kappa shape index (κ2) is 7.58. The maximum Gasteiger partial charge on any atom is 0.273 e. The molecule has 140 valence electrons. The fourth-order valence-electron chi connectivity index (χ4n) is 3.42. The molecular weight excluding hydrogens is 352 g/mol. The van der Waals surface area contributed by atoms with Crippen LogP contribution in [0.5, 0.6) is 0 Å². The first kappa shape index (κ1) is 17.8. The molecule has 1 aromatic carbocycles. The van der Waals surface area contributed by atoms with Gasteiger partial charge in [0.2, 0.25) is 0 Å². The van der Waals surface area contributed by atoms with Crippen molar-refractivity contribution < 1.29 is 4.79 Å². The number of benzene rings is 1. The van der Waals surface area contributed by atoms with Crippen molar-refractivity contribution in [3.63, 3.8) is 0 Å². The molecule has 0 radical (unpaired) electrons. The molecule has 7 nitrogen and oxygen atoms in total. The van der Waals surface area contributed by atoms with Gasteiger partial charge in [-0.1, -0.05) is 30.3 Å². The van der Waals surface area contributed by atoms with Gasteiger partial charge < -0.3 is 10.7 Å². The summed E-state index contributed by atoms with van der Waals surface area (Å²) in [6, 6.07) is 10.1. The number of carbonyl (C=O) groups is 1. The van der Waals surface area contributed by atoms with E-state index in [1.54, 1.807) is 18.6 Å². The zero-order valence-corrected chi connectivity index (χ0v) is 15.4. The van der Waals surface area contributed by atoms with Crippen LogP contribution in [0.3, 0.4) is 0 Å². The normalized spacial score (nSPS) is 15.0. The van der Waals surface area contributed by atoms with Gasteiger partial charge in [-0.25, -0.2) is 5.43 Å². The van der Waals surface area contributed by atoms with Gasteiger partial charge in [-0.05, 0) is 37.1 Å². The summed E-state index contributed by atoms with van der Waals surface area (Å²) in [5.74, 6) is -0.271. The predicted molar refractivity (Wildman–Crippen MR) is 108 cm³/mol. The first-order valence-corrected chi connectivity index (χ1v) is 9.02. The summed E-state index contributed by atoms with van der Waals surface area (Å²) in [5.41, 5.74) is 15.0. The molecule has 0 saturated heterocycles. The van der Waals surface area contributed by atoms with E-state index in [0.717, 1.165) is 34.5 Å². The molecule has 4 N–H and O–H groups in total. The van der Waals surface area contributed by atoms with Crippen molar-refractivity contribution in [3.8, 4) is 11.1 Å². The van der Waals surface area contributed by atoms with Crippen LogP contribution in [0.2, 0.25) is 0 Å². The fraction of sp³-hybridized carbons (Fsp3) is 0.143. The molecule has 7 heteroatoms. The topological polar surface area (TPSA) is 109 Å². The monoisotopic (exact) mass is 372 g/mol. The third kappa shape index (κ3) is 3.23. The molecule has 2 aromatic heterocycles. The number of carbonyl (C=O) groups excluding carboxylic acids is 1. The highest BCUT2D eigenvalue weighted by molar-refractivity contribution is 6.32. The van der Waals surface area contributed by atoms with Gasteiger partial charge in [0, 0.05) is 29.3 Å². The van der Waals surface area contributed by atoms with E-state index in [1.807, 2.05) is 31.2 Å². The van der Waals surface area contributed by atoms with Crippen LogP contribution in [0.25, 0.3) is 17.2 Å². The van der Waals surface area contributed by atoms with E-state index in [2.05, 4.69) is 37.6 Å². The number of H-pyrrole nitrogens is 1. The van der Waals surface area contributed by atoms with Crippen LogP contribution >= 0.6 is 0 Å². The molecule has 3 heterocycles. The summed E-state index contributed by atoms with van der Waals surface area (Å²) in [5, 5.41) is 4.14. The zero-order valence-electron chi connectivity index (χ0n) is 15.4. The molecule has 0 aliphatic carbocycles. The number of nitrogens with zero attached hydrogens (tertiary/aromatic N) is 3. The van der Waals surface area contributed by atoms with Gasteiger partial charge in [0.1, 0.15) is 11.4 Å². The number of aryl methyl sites for hydroxylation is 1. The number of nitrogens with one attached hydrogen (secondary N) is 2. The molecule has 1 amide bonds. The quantitative estimate of drug-likeness (QED) is 0.597. The molecule has 28 heavy (non-hydrogen) atoms. The summed E-state index contributed by atoms with van der Waals surface area (Å²) >= 11 is 0. The average molecular weight is 372 g/mol. The molecule has 1 aliphatic rings. The van der Waals surface area contributed by atoms with Crippen LogP contribution in [0.15, 0.2) is 59.6 Å². The van der Waals surface area contributed by atoms with Gasteiger partial charge in [0.05, 0.1) is 11.8 Å². The van der Waals surface area contributed by atoms with Crippen LogP contribution in [0.1, 0.15) is 22.6 Å². The number of aromatic nitrogens is 3. The Labute approximate surface area is 162 Å². The second-order valence-electron chi connectivity index (χ2n) is 6.47. The Morgan fingerprint density at radius 1 is 1.18 bits per heavy atom. The van der Waals surface area contributed by atoms with Crippen LogP contribution in [0, 0.1) is 6.92 Å². The molecule has 0 spiro atoms. The minimum Gasteiger partial charge on any atom is -0.358 e. The lowest BCUT2D eigenvalue weighted by Gasteiger charge is -2.07. The van der Waals surface area contributed by atoms with Gasteiger partial charge in [-0.3, -0.25) is 14.8 Å². The average Bonchev–Trinajstić information content (AvgIpc) is 3.24. The minimum absolute atomic E-state index is 0.271. The number of hydrazone groups is 1. The van der Waals surface area contributed by atoms with Crippen LogP contribution in [0.4, 0.5) is 0 Å². The zero-order chi connectivity index (χ0) is 19.5. The van der Waals surface area contributed by atoms with E-state index in [4.69, 9.17) is 5.73 Å². The van der Waals surface area contributed by atoms with Gasteiger partial charge in [-0.2, -0.15) is 5.10 Å². The third-order valence-corrected chi connectivity index (χ3v) is 4.67. The van der Waals surface area contributed by atoms with Gasteiger partial charge in [-0.15, -0.1) is 0 Å². The minimum atomic E-state index is -0.271. The van der Waals surface area contributed by atoms with Gasteiger partial charge in [0.25, 0.3) is 5.91 Å². The summed E-state index contributed by atoms with van der Waals surface area (Å²) in [6.45, 7) is 2.56. The van der Waals surface area contributed by atoms with Gasteiger partial charge >= 0.3 is 0 Å². The summed E-state index contributed by atoms with van der Waals surface area (Å²) < 4.78 is 0. The first-order valence-electron chi connectivity index (χ1n) is 9.02. The van der Waals surface area contributed by atoms with Crippen molar-refractivity contribution in [1.29, 1.82) is 0 Å². The molecule has 3 aromatic rings. The van der Waals surface area contributed by atoms with E-state index in [9.17, 15) is 4.79 Å². The Bertz CT molecular complexity index is 1070. The molecule has 0 fully saturated rings. The van der Waals surface area contributed by atoms with Crippen molar-refractivity contribution in [2.75, 3.05) is 6.54 Å². The molecule has 1 aliphatic heterocycles. The van der Waals surface area contributed by atoms with Crippen molar-refractivity contribution in [1.82, 2.24) is 20.4 Å².